The molecule has 20 rings (SSSR count). The zero-order chi connectivity index (χ0) is 92.2. The molecule has 21 nitrogen and oxygen atoms in total. The van der Waals surface area contributed by atoms with Crippen molar-refractivity contribution in [3.05, 3.63) is 273 Å². The summed E-state index contributed by atoms with van der Waals surface area (Å²) in [4.78, 5) is 86.5. The number of ketones is 6. The number of allylic oxidation sites excluding steroid dienone is 12. The van der Waals surface area contributed by atoms with Crippen LogP contribution in [0.4, 0.5) is 11.4 Å². The molecule has 6 aromatic carbocycles. The van der Waals surface area contributed by atoms with Crippen LogP contribution in [0.1, 0.15) is 199 Å². The van der Waals surface area contributed by atoms with Gasteiger partial charge < -0.3 is 71.3 Å². The highest BCUT2D eigenvalue weighted by atomic mass is 16.8. The minimum absolute atomic E-state index is 0. The minimum atomic E-state index is -2.05. The third-order valence-corrected chi connectivity index (χ3v) is 33.1. The molecule has 2 heterocycles. The fraction of sp³-hybridized carbons (Fsp3) is 0.445. The van der Waals surface area contributed by atoms with Gasteiger partial charge in [-0.15, -0.1) is 0 Å². The Labute approximate surface area is 765 Å². The van der Waals surface area contributed by atoms with E-state index in [-0.39, 0.29) is 90.9 Å². The first-order valence-electron chi connectivity index (χ1n) is 45.5. The SMILES string of the molecule is C.C[C@]12C=CC(=O)C=C1CC[C@@H]1[C@@H]2[C@@H](O)C[C@@]2(C)[C@H]1C[C@@H](O)[C@]2(O)C(=O)CO.C[C@]12C=CC(=O)C=C1CC[C@@H]1[C@@H]2[C@@H](O)C[C@@]2(C)[C@H]1C[C@H]1O[C@@H](c3ccc(C#Cc4cccc(N)c4)cc3)O[C@]12C(=O)CO.C[C@]12C=CC(=O)C=C1CC[C@@H]1[C@@H]2[C@@H](O)C[C@@]2(C)[C@H]1C[C@H]1O[C@H](c3ccc(C#Cc4cccc(N)c4)cc3)O[C@]12C(=O)CO.Cc1cccc(C#Cc2ccc(C=O)cc2)c1. The van der Waals surface area contributed by atoms with Crippen LogP contribution in [0.3, 0.4) is 0 Å². The highest BCUT2D eigenvalue weighted by Crippen LogP contribution is 2.74. The van der Waals surface area contributed by atoms with Gasteiger partial charge in [0, 0.05) is 112 Å². The van der Waals surface area contributed by atoms with Gasteiger partial charge in [-0.2, -0.15) is 0 Å². The molecule has 2 saturated heterocycles. The molecule has 6 aromatic rings. The number of anilines is 2. The highest BCUT2D eigenvalue weighted by Gasteiger charge is 2.79. The number of hydrogen-bond donors (Lipinski definition) is 10. The van der Waals surface area contributed by atoms with Crippen molar-refractivity contribution >= 4 is 52.4 Å². The first-order chi connectivity index (χ1) is 62.0. The van der Waals surface area contributed by atoms with Gasteiger partial charge in [0.1, 0.15) is 26.1 Å². The lowest BCUT2D eigenvalue weighted by molar-refractivity contribution is -0.201. The summed E-state index contributed by atoms with van der Waals surface area (Å²) in [5, 5.41) is 86.3. The molecule has 0 radical (unpaired) electrons. The van der Waals surface area contributed by atoms with Crippen LogP contribution in [0.25, 0.3) is 0 Å². The molecule has 0 unspecified atom stereocenters. The summed E-state index contributed by atoms with van der Waals surface area (Å²) in [5.74, 6) is 17.0. The normalized spacial score (nSPS) is 37.4. The number of benzene rings is 6. The lowest BCUT2D eigenvalue weighted by atomic mass is 9.46. The fourth-order valence-corrected chi connectivity index (χ4v) is 27.1. The first kappa shape index (κ1) is 93.5. The Kier molecular flexibility index (Phi) is 25.4. The van der Waals surface area contributed by atoms with Crippen molar-refractivity contribution in [1.29, 1.82) is 0 Å². The van der Waals surface area contributed by atoms with Crippen molar-refractivity contribution in [2.75, 3.05) is 31.3 Å². The van der Waals surface area contributed by atoms with Gasteiger partial charge in [0.2, 0.25) is 0 Å². The second-order valence-corrected chi connectivity index (χ2v) is 39.8. The van der Waals surface area contributed by atoms with E-state index in [1.807, 2.05) is 179 Å². The monoisotopic (exact) mass is 1770 g/mol. The van der Waals surface area contributed by atoms with Gasteiger partial charge in [-0.05, 0) is 246 Å². The molecule has 12 aliphatic carbocycles. The van der Waals surface area contributed by atoms with Gasteiger partial charge in [-0.1, -0.05) is 180 Å². The van der Waals surface area contributed by atoms with Crippen molar-refractivity contribution in [3.8, 4) is 35.5 Å². The van der Waals surface area contributed by atoms with Crippen LogP contribution in [-0.4, -0.2) is 155 Å². The summed E-state index contributed by atoms with van der Waals surface area (Å²) in [6.45, 7) is 12.0. The number of aliphatic hydroxyl groups is 8. The van der Waals surface area contributed by atoms with Crippen LogP contribution in [-0.2, 0) is 47.7 Å². The number of ether oxygens (including phenoxy) is 4. The molecule has 0 aromatic heterocycles. The average molecular weight is 1770 g/mol. The minimum Gasteiger partial charge on any atom is -0.399 e. The summed E-state index contributed by atoms with van der Waals surface area (Å²) >= 11 is 0. The number of aliphatic hydroxyl groups excluding tert-OH is 7. The smallest absolute Gasteiger partial charge is 0.193 e. The molecule has 26 atom stereocenters. The number of Topliss-reactive ketones (excluding diaryl/α,β-unsaturated/α-hetero) is 3. The van der Waals surface area contributed by atoms with E-state index in [1.165, 1.54) is 5.56 Å². The van der Waals surface area contributed by atoms with E-state index in [0.29, 0.717) is 42.6 Å². The Hall–Kier alpha value is -10.8. The molecule has 2 aliphatic heterocycles. The van der Waals surface area contributed by atoms with Crippen LogP contribution in [0.2, 0.25) is 0 Å². The zero-order valence-corrected chi connectivity index (χ0v) is 74.3. The maximum absolute atomic E-state index is 13.7. The van der Waals surface area contributed by atoms with Gasteiger partial charge in [0.25, 0.3) is 0 Å². The van der Waals surface area contributed by atoms with E-state index < -0.39 is 136 Å². The number of carbonyl (C=O) groups is 7. The molecular weight excluding hydrogens is 1650 g/mol. The summed E-state index contributed by atoms with van der Waals surface area (Å²) in [6, 6.07) is 45.3. The van der Waals surface area contributed by atoms with Gasteiger partial charge in [0.15, 0.2) is 64.1 Å². The number of aldehydes is 1. The van der Waals surface area contributed by atoms with Gasteiger partial charge in [-0.25, -0.2) is 0 Å². The van der Waals surface area contributed by atoms with Crippen molar-refractivity contribution in [3.63, 3.8) is 0 Å². The van der Waals surface area contributed by atoms with E-state index in [0.717, 1.165) is 106 Å². The van der Waals surface area contributed by atoms with Crippen molar-refractivity contribution < 1.29 is 93.4 Å². The van der Waals surface area contributed by atoms with Crippen LogP contribution in [0.5, 0.6) is 0 Å². The number of aryl methyl sites for hydroxylation is 1. The molecule has 131 heavy (non-hydrogen) atoms. The van der Waals surface area contributed by atoms with Crippen molar-refractivity contribution in [1.82, 2.24) is 0 Å². The van der Waals surface area contributed by atoms with Gasteiger partial charge in [0.05, 0.1) is 36.6 Å². The maximum Gasteiger partial charge on any atom is 0.193 e. The molecule has 21 heteroatoms. The second-order valence-electron chi connectivity index (χ2n) is 39.8. The van der Waals surface area contributed by atoms with Crippen molar-refractivity contribution in [2.45, 2.75) is 199 Å². The largest absolute Gasteiger partial charge is 0.399 e. The summed E-state index contributed by atoms with van der Waals surface area (Å²) < 4.78 is 26.4. The Bertz CT molecular complexity index is 5710. The summed E-state index contributed by atoms with van der Waals surface area (Å²) in [6.07, 6.45) is 17.5. The van der Waals surface area contributed by atoms with Gasteiger partial charge >= 0.3 is 0 Å². The second kappa shape index (κ2) is 35.7. The van der Waals surface area contributed by atoms with E-state index in [9.17, 15) is 74.4 Å². The number of fused-ring (bicyclic) bond motifs is 19. The molecule has 9 saturated carbocycles. The molecule has 0 bridgehead atoms. The lowest BCUT2D eigenvalue weighted by Gasteiger charge is -2.59. The molecule has 14 aliphatic rings. The van der Waals surface area contributed by atoms with E-state index in [2.05, 4.69) is 49.4 Å². The molecule has 0 amide bonds. The quantitative estimate of drug-likeness (QED) is 0.0365. The number of nitrogens with two attached hydrogens (primary N) is 2. The predicted octanol–water partition coefficient (Wildman–Crippen LogP) is 12.9. The Balaban J connectivity index is 0.000000134. The maximum atomic E-state index is 13.7. The molecule has 0 spiro atoms. The standard InChI is InChI=1S/2C36H37NO6.C21H28O6.C16H12O.CH4/c2*1-34-15-14-26(39)17-24(34)12-13-27-28-18-31-36(30(41)20-38,35(28,2)19-29(40)32(27)34)43-33(42-31)23-10-8-21(9-11-23)6-7-22-4-3-5-25(37)16-22;1-19-6-5-12(23)7-11(19)3-4-13-14-8-16(25)21(27,17(26)10-22)20(14,2)9-15(24)18(13)19;1-13-3-2-4-15(11-13)8-5-14-6-9-16(12-17)10-7-14;/h2*3-5,8-11,14-17,27-29,31-33,38,40H,12-13,18-20,37H2,1-2H3;5-7,13-16,18,22,24-25,27H,3-4,8-10H2,1-2H3;2-4,6-7,9-12H,1H3;1H4/t27-,28-,29-,31+,32+,33+,34-,35-,36+;27-,28-,29-,31+,32+,33-,34-,35-,36+;13-,14-,15-,16+,18+,19-,20-,21-;;/m000../s1. The summed E-state index contributed by atoms with van der Waals surface area (Å²) in [7, 11) is 0. The predicted molar refractivity (Wildman–Crippen MR) is 493 cm³/mol. The van der Waals surface area contributed by atoms with Crippen LogP contribution < -0.4 is 11.5 Å². The van der Waals surface area contributed by atoms with Crippen molar-refractivity contribution in [2.24, 2.45) is 85.8 Å². The molecule has 12 N–H and O–H groups in total. The topological polar surface area (TPSA) is 370 Å². The highest BCUT2D eigenvalue weighted by molar-refractivity contribution is 6.02. The third-order valence-electron chi connectivity index (χ3n) is 33.1. The fourth-order valence-electron chi connectivity index (χ4n) is 27.1. The number of hydrogen-bond acceptors (Lipinski definition) is 21. The number of nitrogen functional groups attached to an aromatic ring is 2. The lowest BCUT2D eigenvalue weighted by Crippen LogP contribution is -2.63. The van der Waals surface area contributed by atoms with Crippen LogP contribution in [0.15, 0.2) is 217 Å². The zero-order valence-electron chi connectivity index (χ0n) is 74.3. The van der Waals surface area contributed by atoms with Crippen LogP contribution in [0, 0.1) is 128 Å². The molecule has 11 fully saturated rings. The molecular formula is C110H118N2O19. The van der Waals surface area contributed by atoms with E-state index in [1.54, 1.807) is 55.5 Å². The third kappa shape index (κ3) is 15.7. The Morgan fingerprint density at radius 1 is 0.443 bits per heavy atom. The van der Waals surface area contributed by atoms with Gasteiger partial charge in [-0.3, -0.25) is 33.6 Å². The average Bonchev–Trinajstić information content (AvgIpc) is 1.52. The Morgan fingerprint density at radius 3 is 1.13 bits per heavy atom. The number of carbonyl (C=O) groups excluding carboxylic acids is 7. The summed E-state index contributed by atoms with van der Waals surface area (Å²) in [5.41, 5.74) is 16.3. The number of rotatable bonds is 9. The first-order valence-corrected chi connectivity index (χ1v) is 45.5. The Morgan fingerprint density at radius 2 is 0.779 bits per heavy atom. The molecule has 682 valence electrons. The van der Waals surface area contributed by atoms with E-state index in [4.69, 9.17) is 30.4 Å². The van der Waals surface area contributed by atoms with E-state index >= 15 is 0 Å². The van der Waals surface area contributed by atoms with Crippen LogP contribution >= 0.6 is 0 Å².